The van der Waals surface area contributed by atoms with Crippen LogP contribution in [0, 0.1) is 24.9 Å². The van der Waals surface area contributed by atoms with Crippen LogP contribution in [0.15, 0.2) is 36.7 Å². The van der Waals surface area contributed by atoms with Crippen LogP contribution in [0.1, 0.15) is 45.7 Å². The SMILES string of the molecule is CC(C)c1ccc([N+](=O)[O-])cn1.CCC.O=[N+]([O-])c1ccc(=S)[nH]c1. The van der Waals surface area contributed by atoms with Gasteiger partial charge in [0.2, 0.25) is 0 Å². The molecule has 8 nitrogen and oxygen atoms in total. The van der Waals surface area contributed by atoms with E-state index in [-0.39, 0.29) is 11.4 Å². The van der Waals surface area contributed by atoms with Gasteiger partial charge < -0.3 is 4.98 Å². The number of hydrogen-bond acceptors (Lipinski definition) is 6. The molecule has 0 aliphatic carbocycles. The zero-order valence-corrected chi connectivity index (χ0v) is 15.4. The Morgan fingerprint density at radius 1 is 1.08 bits per heavy atom. The van der Waals surface area contributed by atoms with Crippen LogP contribution < -0.4 is 0 Å². The standard InChI is InChI=1S/C8H10N2O2.C5H4N2O2S.C3H8/c1-6(2)8-4-3-7(5-9-8)10(11)12;8-7(9)4-1-2-5(10)6-3-4;1-3-2/h3-6H,1-2H3;1-3H,(H,6,10);3H2,1-2H3. The molecular formula is C16H22N4O4S. The minimum absolute atomic E-state index is 0.0219. The molecule has 2 aromatic heterocycles. The van der Waals surface area contributed by atoms with Crippen molar-refractivity contribution in [2.75, 3.05) is 0 Å². The number of nitrogens with one attached hydrogen (secondary N) is 1. The summed E-state index contributed by atoms with van der Waals surface area (Å²) in [6, 6.07) is 6.00. The molecule has 0 saturated heterocycles. The van der Waals surface area contributed by atoms with Gasteiger partial charge in [-0.25, -0.2) is 0 Å². The molecule has 0 atom stereocenters. The van der Waals surface area contributed by atoms with Gasteiger partial charge in [-0.1, -0.05) is 46.3 Å². The fourth-order valence-corrected chi connectivity index (χ4v) is 1.49. The second-order valence-corrected chi connectivity index (χ2v) is 5.67. The van der Waals surface area contributed by atoms with Crippen molar-refractivity contribution in [2.24, 2.45) is 0 Å². The van der Waals surface area contributed by atoms with Gasteiger partial charge in [-0.15, -0.1) is 0 Å². The van der Waals surface area contributed by atoms with Gasteiger partial charge >= 0.3 is 0 Å². The van der Waals surface area contributed by atoms with Crippen molar-refractivity contribution in [3.63, 3.8) is 0 Å². The smallest absolute Gasteiger partial charge is 0.287 e. The van der Waals surface area contributed by atoms with E-state index in [1.807, 2.05) is 13.8 Å². The average Bonchev–Trinajstić information content (AvgIpc) is 2.56. The first kappa shape index (κ1) is 22.3. The molecule has 0 aromatic carbocycles. The summed E-state index contributed by atoms with van der Waals surface area (Å²) in [5.74, 6) is 0.311. The Morgan fingerprint density at radius 3 is 1.92 bits per heavy atom. The monoisotopic (exact) mass is 366 g/mol. The van der Waals surface area contributed by atoms with Crippen LogP contribution >= 0.6 is 12.2 Å². The molecule has 0 saturated carbocycles. The molecule has 0 aliphatic heterocycles. The summed E-state index contributed by atoms with van der Waals surface area (Å²) < 4.78 is 0.491. The Balaban J connectivity index is 0.000000403. The first-order chi connectivity index (χ1) is 11.7. The van der Waals surface area contributed by atoms with Crippen molar-refractivity contribution in [3.05, 3.63) is 67.2 Å². The molecule has 0 amide bonds. The van der Waals surface area contributed by atoms with Crippen LogP contribution in [0.4, 0.5) is 11.4 Å². The van der Waals surface area contributed by atoms with Gasteiger partial charge in [0.15, 0.2) is 0 Å². The van der Waals surface area contributed by atoms with Crippen LogP contribution in [0.3, 0.4) is 0 Å². The second kappa shape index (κ2) is 11.8. The molecule has 2 rings (SSSR count). The summed E-state index contributed by atoms with van der Waals surface area (Å²) in [4.78, 5) is 25.9. The fraction of sp³-hybridized carbons (Fsp3) is 0.375. The summed E-state index contributed by atoms with van der Waals surface area (Å²) in [7, 11) is 0. The minimum atomic E-state index is -0.481. The number of aromatic nitrogens is 2. The Morgan fingerprint density at radius 2 is 1.60 bits per heavy atom. The van der Waals surface area contributed by atoms with Crippen LogP contribution in [0.25, 0.3) is 0 Å². The Kier molecular flexibility index (Phi) is 10.5. The first-order valence-corrected chi connectivity index (χ1v) is 8.07. The van der Waals surface area contributed by atoms with E-state index in [2.05, 4.69) is 36.0 Å². The van der Waals surface area contributed by atoms with Gasteiger partial charge in [0.05, 0.1) is 16.0 Å². The zero-order chi connectivity index (χ0) is 19.4. The number of H-pyrrole nitrogens is 1. The Hall–Kier alpha value is -2.68. The van der Waals surface area contributed by atoms with Crippen LogP contribution in [-0.2, 0) is 0 Å². The lowest BCUT2D eigenvalue weighted by Gasteiger charge is -2.01. The third-order valence-corrected chi connectivity index (χ3v) is 2.81. The maximum atomic E-state index is 10.2. The van der Waals surface area contributed by atoms with Gasteiger partial charge in [-0.3, -0.25) is 25.2 Å². The average molecular weight is 366 g/mol. The largest absolute Gasteiger partial charge is 0.347 e. The van der Waals surface area contributed by atoms with Crippen LogP contribution in [-0.4, -0.2) is 19.8 Å². The van der Waals surface area contributed by atoms with Gasteiger partial charge in [0.25, 0.3) is 11.4 Å². The molecule has 2 heterocycles. The maximum absolute atomic E-state index is 10.2. The van der Waals surface area contributed by atoms with E-state index < -0.39 is 9.85 Å². The number of hydrogen-bond donors (Lipinski definition) is 1. The van der Waals surface area contributed by atoms with Gasteiger partial charge in [-0.2, -0.15) is 0 Å². The van der Waals surface area contributed by atoms with Gasteiger partial charge in [0, 0.05) is 17.8 Å². The maximum Gasteiger partial charge on any atom is 0.287 e. The van der Waals surface area contributed by atoms with Crippen molar-refractivity contribution < 1.29 is 9.85 Å². The molecule has 1 N–H and O–H groups in total. The van der Waals surface area contributed by atoms with E-state index >= 15 is 0 Å². The molecule has 0 spiro atoms. The van der Waals surface area contributed by atoms with Crippen molar-refractivity contribution in [2.45, 2.75) is 40.0 Å². The zero-order valence-electron chi connectivity index (χ0n) is 14.6. The van der Waals surface area contributed by atoms with Crippen LogP contribution in [0.5, 0.6) is 0 Å². The highest BCUT2D eigenvalue weighted by molar-refractivity contribution is 7.71. The molecule has 136 valence electrons. The predicted octanol–water partition coefficient (Wildman–Crippen LogP) is 5.18. The predicted molar refractivity (Wildman–Crippen MR) is 99.2 cm³/mol. The lowest BCUT2D eigenvalue weighted by molar-refractivity contribution is -0.385. The van der Waals surface area contributed by atoms with Crippen molar-refractivity contribution in [3.8, 4) is 0 Å². The summed E-state index contributed by atoms with van der Waals surface area (Å²) in [5.41, 5.74) is 0.939. The van der Waals surface area contributed by atoms with E-state index in [1.165, 1.54) is 37.0 Å². The summed E-state index contributed by atoms with van der Waals surface area (Å²) in [5, 5.41) is 20.3. The van der Waals surface area contributed by atoms with Crippen molar-refractivity contribution in [1.82, 2.24) is 9.97 Å². The number of aromatic amines is 1. The molecule has 2 aromatic rings. The van der Waals surface area contributed by atoms with E-state index in [1.54, 1.807) is 6.07 Å². The van der Waals surface area contributed by atoms with Crippen LogP contribution in [0.2, 0.25) is 0 Å². The minimum Gasteiger partial charge on any atom is -0.347 e. The third-order valence-electron chi connectivity index (χ3n) is 2.55. The quantitative estimate of drug-likeness (QED) is 0.454. The van der Waals surface area contributed by atoms with E-state index in [9.17, 15) is 20.2 Å². The topological polar surface area (TPSA) is 115 Å². The lowest BCUT2D eigenvalue weighted by Crippen LogP contribution is -1.94. The lowest BCUT2D eigenvalue weighted by atomic mass is 10.1. The molecule has 25 heavy (non-hydrogen) atoms. The molecule has 0 radical (unpaired) electrons. The number of nitrogens with zero attached hydrogens (tertiary/aromatic N) is 3. The molecule has 9 heteroatoms. The number of rotatable bonds is 3. The van der Waals surface area contributed by atoms with E-state index in [0.29, 0.717) is 10.6 Å². The second-order valence-electron chi connectivity index (χ2n) is 5.23. The highest BCUT2D eigenvalue weighted by Crippen LogP contribution is 2.14. The number of pyridine rings is 2. The van der Waals surface area contributed by atoms with Gasteiger partial charge in [0.1, 0.15) is 10.8 Å². The molecule has 0 fully saturated rings. The first-order valence-electron chi connectivity index (χ1n) is 7.66. The highest BCUT2D eigenvalue weighted by atomic mass is 32.1. The van der Waals surface area contributed by atoms with E-state index in [4.69, 9.17) is 0 Å². The van der Waals surface area contributed by atoms with Gasteiger partial charge in [-0.05, 0) is 18.1 Å². The van der Waals surface area contributed by atoms with Crippen molar-refractivity contribution >= 4 is 23.6 Å². The third kappa shape index (κ3) is 9.26. The summed E-state index contributed by atoms with van der Waals surface area (Å²) in [6.07, 6.45) is 3.80. The molecular weight excluding hydrogens is 344 g/mol. The number of nitro groups is 2. The Labute approximate surface area is 151 Å². The van der Waals surface area contributed by atoms with E-state index in [0.717, 1.165) is 5.69 Å². The Bertz CT molecular complexity index is 709. The molecule has 0 aliphatic rings. The summed E-state index contributed by atoms with van der Waals surface area (Å²) in [6.45, 7) is 8.24. The molecule has 0 bridgehead atoms. The highest BCUT2D eigenvalue weighted by Gasteiger charge is 2.06. The molecule has 0 unspecified atom stereocenters. The summed E-state index contributed by atoms with van der Waals surface area (Å²) >= 11 is 4.68. The van der Waals surface area contributed by atoms with Crippen molar-refractivity contribution in [1.29, 1.82) is 0 Å². The fourth-order valence-electron chi connectivity index (χ4n) is 1.36. The normalized spacial score (nSPS) is 9.32.